The van der Waals surface area contributed by atoms with Gasteiger partial charge in [-0.25, -0.2) is 9.78 Å². The second-order valence-corrected chi connectivity index (χ2v) is 8.15. The van der Waals surface area contributed by atoms with Gasteiger partial charge in [0.05, 0.1) is 31.2 Å². The lowest BCUT2D eigenvalue weighted by molar-refractivity contribution is -0.274. The van der Waals surface area contributed by atoms with Gasteiger partial charge in [0.25, 0.3) is 0 Å². The molecule has 1 aromatic heterocycles. The van der Waals surface area contributed by atoms with E-state index in [9.17, 15) is 18.0 Å². The van der Waals surface area contributed by atoms with Crippen molar-refractivity contribution in [1.29, 1.82) is 0 Å². The number of alkyl halides is 3. The Morgan fingerprint density at radius 3 is 2.51 bits per heavy atom. The normalized spacial score (nSPS) is 11.2. The first kappa shape index (κ1) is 27.5. The van der Waals surface area contributed by atoms with Gasteiger partial charge in [-0.1, -0.05) is 12.1 Å². The van der Waals surface area contributed by atoms with E-state index in [0.717, 1.165) is 13.0 Å². The monoisotopic (exact) mass is 519 g/mol. The molecule has 0 aliphatic rings. The SMILES string of the molecule is COC(=O)c1ccc(OC)c(Nc2cc(-c3cccc(OC(F)(F)F)c3)nc(NCCCN(C)C)n2)c1. The average molecular weight is 520 g/mol. The molecule has 0 saturated carbocycles. The van der Waals surface area contributed by atoms with Crippen LogP contribution in [0.3, 0.4) is 0 Å². The number of halogens is 3. The topological polar surface area (TPSA) is 97.8 Å². The number of benzene rings is 2. The van der Waals surface area contributed by atoms with Crippen LogP contribution >= 0.6 is 0 Å². The molecule has 0 bridgehead atoms. The van der Waals surface area contributed by atoms with Crippen LogP contribution in [0.1, 0.15) is 16.8 Å². The molecule has 3 aromatic rings. The highest BCUT2D eigenvalue weighted by Gasteiger charge is 2.31. The number of carbonyl (C=O) groups is 1. The molecule has 0 spiro atoms. The number of aromatic nitrogens is 2. The van der Waals surface area contributed by atoms with E-state index in [2.05, 4.69) is 25.3 Å². The first-order valence-electron chi connectivity index (χ1n) is 11.2. The number of rotatable bonds is 11. The van der Waals surface area contributed by atoms with Crippen molar-refractivity contribution in [3.8, 4) is 22.8 Å². The van der Waals surface area contributed by atoms with E-state index in [4.69, 9.17) is 9.47 Å². The van der Waals surface area contributed by atoms with Gasteiger partial charge in [-0.3, -0.25) is 0 Å². The molecule has 1 heterocycles. The summed E-state index contributed by atoms with van der Waals surface area (Å²) in [5.74, 6) is 0.130. The second kappa shape index (κ2) is 12.3. The number of hydrogen-bond acceptors (Lipinski definition) is 9. The van der Waals surface area contributed by atoms with Gasteiger partial charge in [-0.2, -0.15) is 4.98 Å². The lowest BCUT2D eigenvalue weighted by Crippen LogP contribution is -2.17. The van der Waals surface area contributed by atoms with E-state index >= 15 is 0 Å². The Kier molecular flexibility index (Phi) is 9.12. The van der Waals surface area contributed by atoms with E-state index in [1.807, 2.05) is 19.0 Å². The van der Waals surface area contributed by atoms with Crippen LogP contribution in [0.5, 0.6) is 11.5 Å². The molecule has 0 aliphatic carbocycles. The van der Waals surface area contributed by atoms with Crippen molar-refractivity contribution >= 4 is 23.4 Å². The van der Waals surface area contributed by atoms with Gasteiger partial charge >= 0.3 is 12.3 Å². The summed E-state index contributed by atoms with van der Waals surface area (Å²) < 4.78 is 52.5. The van der Waals surface area contributed by atoms with Gasteiger partial charge < -0.3 is 29.7 Å². The minimum atomic E-state index is -4.82. The Hall–Kier alpha value is -4.06. The van der Waals surface area contributed by atoms with Crippen molar-refractivity contribution in [3.63, 3.8) is 0 Å². The minimum Gasteiger partial charge on any atom is -0.495 e. The summed E-state index contributed by atoms with van der Waals surface area (Å²) in [7, 11) is 6.69. The molecule has 2 N–H and O–H groups in total. The summed E-state index contributed by atoms with van der Waals surface area (Å²) in [6.07, 6.45) is -4.01. The summed E-state index contributed by atoms with van der Waals surface area (Å²) in [5.41, 5.74) is 1.46. The quantitative estimate of drug-likeness (QED) is 0.270. The minimum absolute atomic E-state index is 0.268. The highest BCUT2D eigenvalue weighted by Crippen LogP contribution is 2.32. The predicted octanol–water partition coefficient (Wildman–Crippen LogP) is 4.94. The van der Waals surface area contributed by atoms with Crippen molar-refractivity contribution in [2.75, 3.05) is 52.0 Å². The van der Waals surface area contributed by atoms with E-state index < -0.39 is 12.3 Å². The number of nitrogens with one attached hydrogen (secondary N) is 2. The van der Waals surface area contributed by atoms with E-state index in [-0.39, 0.29) is 11.7 Å². The van der Waals surface area contributed by atoms with Crippen LogP contribution < -0.4 is 20.1 Å². The standard InChI is InChI=1S/C25H28F3N5O4/c1-33(2)12-6-11-29-24-31-19(16-7-5-8-18(13-16)37-25(26,27)28)15-22(32-24)30-20-14-17(23(34)36-4)9-10-21(20)35-3/h5,7-10,13-15H,6,11-12H2,1-4H3,(H2,29,30,31,32). The zero-order chi connectivity index (χ0) is 27.0. The molecule has 0 aliphatic heterocycles. The van der Waals surface area contributed by atoms with Crippen LogP contribution in [-0.2, 0) is 4.74 Å². The van der Waals surface area contributed by atoms with E-state index in [1.54, 1.807) is 30.3 Å². The van der Waals surface area contributed by atoms with Crippen LogP contribution in [0.2, 0.25) is 0 Å². The number of carbonyl (C=O) groups excluding carboxylic acids is 1. The maximum absolute atomic E-state index is 12.7. The molecule has 0 amide bonds. The molecule has 0 saturated heterocycles. The zero-order valence-corrected chi connectivity index (χ0v) is 20.8. The molecular weight excluding hydrogens is 491 g/mol. The lowest BCUT2D eigenvalue weighted by Gasteiger charge is -2.15. The highest BCUT2D eigenvalue weighted by atomic mass is 19.4. The molecule has 9 nitrogen and oxygen atoms in total. The van der Waals surface area contributed by atoms with Crippen LogP contribution in [0.4, 0.5) is 30.6 Å². The fourth-order valence-corrected chi connectivity index (χ4v) is 3.37. The molecule has 2 aromatic carbocycles. The fraction of sp³-hybridized carbons (Fsp3) is 0.320. The molecule has 37 heavy (non-hydrogen) atoms. The molecule has 198 valence electrons. The van der Waals surface area contributed by atoms with Gasteiger partial charge in [0, 0.05) is 18.2 Å². The van der Waals surface area contributed by atoms with Gasteiger partial charge in [0.1, 0.15) is 17.3 Å². The highest BCUT2D eigenvalue weighted by molar-refractivity contribution is 5.91. The van der Waals surface area contributed by atoms with E-state index in [0.29, 0.717) is 40.6 Å². The molecule has 0 fully saturated rings. The Balaban J connectivity index is 1.98. The first-order valence-corrected chi connectivity index (χ1v) is 11.2. The van der Waals surface area contributed by atoms with Crippen LogP contribution in [-0.4, -0.2) is 68.6 Å². The van der Waals surface area contributed by atoms with Gasteiger partial charge in [-0.05, 0) is 57.4 Å². The number of ether oxygens (including phenoxy) is 3. The lowest BCUT2D eigenvalue weighted by atomic mass is 10.1. The number of nitrogens with zero attached hydrogens (tertiary/aromatic N) is 3. The summed E-state index contributed by atoms with van der Waals surface area (Å²) in [6.45, 7) is 1.41. The smallest absolute Gasteiger partial charge is 0.495 e. The van der Waals surface area contributed by atoms with Crippen molar-refractivity contribution in [2.24, 2.45) is 0 Å². The van der Waals surface area contributed by atoms with E-state index in [1.165, 1.54) is 32.4 Å². The third-order valence-corrected chi connectivity index (χ3v) is 5.04. The maximum Gasteiger partial charge on any atom is 0.573 e. The first-order chi connectivity index (χ1) is 17.6. The average Bonchev–Trinajstić information content (AvgIpc) is 2.85. The Morgan fingerprint density at radius 1 is 1.05 bits per heavy atom. The predicted molar refractivity (Wildman–Crippen MR) is 133 cm³/mol. The number of esters is 1. The number of methoxy groups -OCH3 is 2. The Morgan fingerprint density at radius 2 is 1.84 bits per heavy atom. The van der Waals surface area contributed by atoms with Crippen molar-refractivity contribution in [1.82, 2.24) is 14.9 Å². The molecule has 0 unspecified atom stereocenters. The van der Waals surface area contributed by atoms with Gasteiger partial charge in [0.2, 0.25) is 5.95 Å². The maximum atomic E-state index is 12.7. The zero-order valence-electron chi connectivity index (χ0n) is 20.8. The van der Waals surface area contributed by atoms with Crippen molar-refractivity contribution in [2.45, 2.75) is 12.8 Å². The molecule has 0 atom stereocenters. The Labute approximate surface area is 212 Å². The summed E-state index contributed by atoms with van der Waals surface area (Å²) in [4.78, 5) is 23.0. The summed E-state index contributed by atoms with van der Waals surface area (Å²) >= 11 is 0. The van der Waals surface area contributed by atoms with Gasteiger partial charge in [0.15, 0.2) is 0 Å². The molecular formula is C25H28F3N5O4. The van der Waals surface area contributed by atoms with Crippen LogP contribution in [0.25, 0.3) is 11.3 Å². The Bertz CT molecular complexity index is 1220. The third-order valence-electron chi connectivity index (χ3n) is 5.04. The molecule has 0 radical (unpaired) electrons. The fourth-order valence-electron chi connectivity index (χ4n) is 3.37. The van der Waals surface area contributed by atoms with Crippen LogP contribution in [0.15, 0.2) is 48.5 Å². The molecule has 3 rings (SSSR count). The van der Waals surface area contributed by atoms with Crippen LogP contribution in [0, 0.1) is 0 Å². The summed E-state index contributed by atoms with van der Waals surface area (Å²) in [5, 5.41) is 6.26. The van der Waals surface area contributed by atoms with Gasteiger partial charge in [-0.15, -0.1) is 13.2 Å². The molecule has 12 heteroatoms. The number of hydrogen-bond donors (Lipinski definition) is 2. The number of anilines is 3. The second-order valence-electron chi connectivity index (χ2n) is 8.15. The van der Waals surface area contributed by atoms with Crippen molar-refractivity contribution < 1.29 is 32.2 Å². The summed E-state index contributed by atoms with van der Waals surface area (Å²) in [6, 6.07) is 11.8. The largest absolute Gasteiger partial charge is 0.573 e. The van der Waals surface area contributed by atoms with Crippen molar-refractivity contribution in [3.05, 3.63) is 54.1 Å². The third kappa shape index (κ3) is 8.24.